The molecule has 1 aliphatic rings. The van der Waals surface area contributed by atoms with Crippen molar-refractivity contribution in [1.29, 1.82) is 0 Å². The van der Waals surface area contributed by atoms with Gasteiger partial charge in [-0.1, -0.05) is 11.6 Å². The maximum absolute atomic E-state index is 12.3. The van der Waals surface area contributed by atoms with Crippen molar-refractivity contribution in [2.75, 3.05) is 40.2 Å². The number of nitrogens with zero attached hydrogens (tertiary/aromatic N) is 3. The summed E-state index contributed by atoms with van der Waals surface area (Å²) in [6.45, 7) is 0.745. The number of halogens is 1. The summed E-state index contributed by atoms with van der Waals surface area (Å²) in [5, 5.41) is 10.1. The van der Waals surface area contributed by atoms with E-state index >= 15 is 0 Å². The second-order valence-corrected chi connectivity index (χ2v) is 9.23. The van der Waals surface area contributed by atoms with Gasteiger partial charge in [-0.3, -0.25) is 0 Å². The number of hydrogen-bond donors (Lipinski definition) is 1. The second-order valence-electron chi connectivity index (χ2n) is 6.59. The largest absolute Gasteiger partial charge is 0.503 e. The van der Waals surface area contributed by atoms with Crippen LogP contribution >= 0.6 is 11.6 Å². The number of methoxy groups -OCH3 is 1. The van der Waals surface area contributed by atoms with Gasteiger partial charge in [0.2, 0.25) is 10.0 Å². The van der Waals surface area contributed by atoms with Crippen molar-refractivity contribution in [2.24, 2.45) is 5.92 Å². The molecule has 1 N–H and O–H groups in total. The van der Waals surface area contributed by atoms with Crippen molar-refractivity contribution in [3.8, 4) is 22.9 Å². The molecule has 0 spiro atoms. The van der Waals surface area contributed by atoms with Crippen LogP contribution in [-0.4, -0.2) is 67.6 Å². The molecule has 0 unspecified atom stereocenters. The molecule has 2 atom stereocenters. The SMILES string of the molecule is COc1cc(-c2nccn2[C@@H]2COC[C@@H]2CS(=O)(=O)N(C)C)cc(Cl)c1O. The Morgan fingerprint density at radius 3 is 2.81 bits per heavy atom. The fraction of sp³-hybridized carbons (Fsp3) is 0.471. The number of sulfonamides is 1. The molecule has 27 heavy (non-hydrogen) atoms. The Bertz CT molecular complexity index is 929. The van der Waals surface area contributed by atoms with Crippen LogP contribution < -0.4 is 4.74 Å². The minimum absolute atomic E-state index is 0.0120. The van der Waals surface area contributed by atoms with Crippen LogP contribution in [0.15, 0.2) is 24.5 Å². The predicted octanol–water partition coefficient (Wildman–Crippen LogP) is 2.00. The Kier molecular flexibility index (Phi) is 5.66. The lowest BCUT2D eigenvalue weighted by atomic mass is 10.1. The zero-order chi connectivity index (χ0) is 19.8. The highest BCUT2D eigenvalue weighted by Crippen LogP contribution is 2.39. The summed E-state index contributed by atoms with van der Waals surface area (Å²) in [6, 6.07) is 3.05. The summed E-state index contributed by atoms with van der Waals surface area (Å²) >= 11 is 6.10. The van der Waals surface area contributed by atoms with Crippen LogP contribution in [0, 0.1) is 5.92 Å². The molecular formula is C17H22ClN3O5S. The van der Waals surface area contributed by atoms with Gasteiger partial charge >= 0.3 is 0 Å². The third kappa shape index (κ3) is 3.91. The van der Waals surface area contributed by atoms with Crippen LogP contribution in [0.1, 0.15) is 6.04 Å². The summed E-state index contributed by atoms with van der Waals surface area (Å²) in [4.78, 5) is 4.39. The van der Waals surface area contributed by atoms with E-state index in [-0.39, 0.29) is 34.2 Å². The molecule has 0 radical (unpaired) electrons. The van der Waals surface area contributed by atoms with Crippen molar-refractivity contribution < 1.29 is 23.0 Å². The average molecular weight is 416 g/mol. The molecule has 10 heteroatoms. The summed E-state index contributed by atoms with van der Waals surface area (Å²) in [6.07, 6.45) is 3.43. The molecule has 0 bridgehead atoms. The van der Waals surface area contributed by atoms with Crippen LogP contribution in [-0.2, 0) is 14.8 Å². The molecule has 2 aromatic rings. The third-order valence-corrected chi connectivity index (χ3v) is 6.93. The van der Waals surface area contributed by atoms with E-state index in [0.29, 0.717) is 24.6 Å². The number of aromatic hydroxyl groups is 1. The zero-order valence-electron chi connectivity index (χ0n) is 15.3. The normalized spacial score (nSPS) is 20.3. The number of phenols is 1. The van der Waals surface area contributed by atoms with Crippen molar-refractivity contribution in [1.82, 2.24) is 13.9 Å². The van der Waals surface area contributed by atoms with Gasteiger partial charge in [-0.15, -0.1) is 0 Å². The minimum Gasteiger partial charge on any atom is -0.503 e. The average Bonchev–Trinajstić information content (AvgIpc) is 3.25. The molecule has 1 aromatic heterocycles. The van der Waals surface area contributed by atoms with Crippen LogP contribution in [0.2, 0.25) is 5.02 Å². The van der Waals surface area contributed by atoms with Crippen molar-refractivity contribution in [2.45, 2.75) is 6.04 Å². The fourth-order valence-electron chi connectivity index (χ4n) is 3.14. The van der Waals surface area contributed by atoms with E-state index in [9.17, 15) is 13.5 Å². The second kappa shape index (κ2) is 7.67. The van der Waals surface area contributed by atoms with E-state index in [0.717, 1.165) is 0 Å². The molecule has 0 saturated carbocycles. The first-order valence-electron chi connectivity index (χ1n) is 8.32. The number of imidazole rings is 1. The first kappa shape index (κ1) is 19.9. The van der Waals surface area contributed by atoms with Crippen LogP contribution in [0.4, 0.5) is 0 Å². The van der Waals surface area contributed by atoms with Gasteiger partial charge in [-0.25, -0.2) is 17.7 Å². The highest BCUT2D eigenvalue weighted by atomic mass is 35.5. The molecule has 2 heterocycles. The molecule has 8 nitrogen and oxygen atoms in total. The predicted molar refractivity (Wildman–Crippen MR) is 102 cm³/mol. The van der Waals surface area contributed by atoms with E-state index in [1.54, 1.807) is 24.5 Å². The molecule has 1 saturated heterocycles. The van der Waals surface area contributed by atoms with Gasteiger partial charge in [-0.05, 0) is 12.1 Å². The maximum Gasteiger partial charge on any atom is 0.214 e. The minimum atomic E-state index is -3.36. The van der Waals surface area contributed by atoms with Crippen LogP contribution in [0.3, 0.4) is 0 Å². The maximum atomic E-state index is 12.3. The van der Waals surface area contributed by atoms with Gasteiger partial charge in [0.1, 0.15) is 5.82 Å². The summed E-state index contributed by atoms with van der Waals surface area (Å²) in [5.41, 5.74) is 0.653. The number of phenolic OH excluding ortho intramolecular Hbond substituents is 1. The van der Waals surface area contributed by atoms with Crippen molar-refractivity contribution >= 4 is 21.6 Å². The molecule has 1 aromatic carbocycles. The topological polar surface area (TPSA) is 93.9 Å². The van der Waals surface area contributed by atoms with Crippen LogP contribution in [0.5, 0.6) is 11.5 Å². The Hall–Kier alpha value is -1.81. The van der Waals surface area contributed by atoms with Gasteiger partial charge in [0.15, 0.2) is 11.5 Å². The van der Waals surface area contributed by atoms with E-state index in [1.165, 1.54) is 25.5 Å². The molecule has 3 rings (SSSR count). The number of rotatable bonds is 6. The van der Waals surface area contributed by atoms with Gasteiger partial charge in [-0.2, -0.15) is 0 Å². The molecule has 0 amide bonds. The number of ether oxygens (including phenoxy) is 2. The first-order valence-corrected chi connectivity index (χ1v) is 10.3. The quantitative estimate of drug-likeness (QED) is 0.775. The van der Waals surface area contributed by atoms with Gasteiger partial charge in [0.05, 0.1) is 37.1 Å². The van der Waals surface area contributed by atoms with E-state index < -0.39 is 10.0 Å². The number of hydrogen-bond acceptors (Lipinski definition) is 6. The molecule has 1 aliphatic heterocycles. The lowest BCUT2D eigenvalue weighted by Gasteiger charge is -2.23. The summed E-state index contributed by atoms with van der Waals surface area (Å²) in [5.74, 6) is 0.474. The molecule has 1 fully saturated rings. The lowest BCUT2D eigenvalue weighted by molar-refractivity contribution is 0.182. The summed E-state index contributed by atoms with van der Waals surface area (Å²) < 4.78 is 38.5. The van der Waals surface area contributed by atoms with Gasteiger partial charge in [0, 0.05) is 38.0 Å². The molecular weight excluding hydrogens is 394 g/mol. The van der Waals surface area contributed by atoms with Gasteiger partial charge in [0.25, 0.3) is 0 Å². The van der Waals surface area contributed by atoms with E-state index in [4.69, 9.17) is 21.1 Å². The third-order valence-electron chi connectivity index (χ3n) is 4.68. The Morgan fingerprint density at radius 2 is 2.15 bits per heavy atom. The lowest BCUT2D eigenvalue weighted by Crippen LogP contribution is -2.32. The highest BCUT2D eigenvalue weighted by Gasteiger charge is 2.35. The van der Waals surface area contributed by atoms with Gasteiger partial charge < -0.3 is 19.1 Å². The Morgan fingerprint density at radius 1 is 1.41 bits per heavy atom. The highest BCUT2D eigenvalue weighted by molar-refractivity contribution is 7.89. The standard InChI is InChI=1S/C17H22ClN3O5S/c1-20(2)27(23,24)10-12-8-26-9-14(12)21-5-4-19-17(21)11-6-13(18)16(22)15(7-11)25-3/h4-7,12,14,22H,8-10H2,1-3H3/t12-,14-/m1/s1. The number of benzene rings is 1. The Labute approximate surface area is 163 Å². The van der Waals surface area contributed by atoms with E-state index in [1.807, 2.05) is 4.57 Å². The van der Waals surface area contributed by atoms with Crippen molar-refractivity contribution in [3.05, 3.63) is 29.5 Å². The first-order chi connectivity index (χ1) is 12.7. The smallest absolute Gasteiger partial charge is 0.214 e. The Balaban J connectivity index is 1.96. The molecule has 148 valence electrons. The fourth-order valence-corrected chi connectivity index (χ4v) is 4.50. The zero-order valence-corrected chi connectivity index (χ0v) is 16.9. The number of aromatic nitrogens is 2. The summed E-state index contributed by atoms with van der Waals surface area (Å²) in [7, 11) is 1.12. The van der Waals surface area contributed by atoms with E-state index in [2.05, 4.69) is 4.98 Å². The monoisotopic (exact) mass is 415 g/mol. The van der Waals surface area contributed by atoms with Crippen LogP contribution in [0.25, 0.3) is 11.4 Å². The molecule has 0 aliphatic carbocycles. The van der Waals surface area contributed by atoms with Crippen molar-refractivity contribution in [3.63, 3.8) is 0 Å².